The van der Waals surface area contributed by atoms with Crippen molar-refractivity contribution in [3.8, 4) is 0 Å². The van der Waals surface area contributed by atoms with Crippen LogP contribution in [0.25, 0.3) is 0 Å². The fourth-order valence-electron chi connectivity index (χ4n) is 2.38. The van der Waals surface area contributed by atoms with Gasteiger partial charge in [-0.15, -0.1) is 0 Å². The van der Waals surface area contributed by atoms with Crippen molar-refractivity contribution in [2.24, 2.45) is 13.0 Å². The van der Waals surface area contributed by atoms with Crippen LogP contribution in [0, 0.1) is 5.92 Å². The molecule has 102 valence electrons. The van der Waals surface area contributed by atoms with Crippen molar-refractivity contribution in [1.29, 1.82) is 0 Å². The molecule has 6 nitrogen and oxygen atoms in total. The van der Waals surface area contributed by atoms with E-state index in [9.17, 15) is 8.42 Å². The van der Waals surface area contributed by atoms with Gasteiger partial charge in [-0.2, -0.15) is 9.40 Å². The zero-order chi connectivity index (χ0) is 13.3. The van der Waals surface area contributed by atoms with Gasteiger partial charge >= 0.3 is 0 Å². The molecular formula is C11H20N4O2S. The third kappa shape index (κ3) is 2.37. The number of hydrogen-bond acceptors (Lipinski definition) is 4. The number of sulfonamides is 1. The standard InChI is InChI=1S/C11H20N4O2S/c1-3-9-4-6-15(7-5-9)18(16,17)10-8-14(2)13-11(10)12/h8-9H,3-7H2,1-2H3,(H2,12,13). The molecule has 0 amide bonds. The van der Waals surface area contributed by atoms with Crippen molar-refractivity contribution in [3.05, 3.63) is 6.20 Å². The molecule has 18 heavy (non-hydrogen) atoms. The van der Waals surface area contributed by atoms with Gasteiger partial charge < -0.3 is 5.73 Å². The lowest BCUT2D eigenvalue weighted by atomic mass is 9.96. The quantitative estimate of drug-likeness (QED) is 0.883. The summed E-state index contributed by atoms with van der Waals surface area (Å²) in [6.45, 7) is 3.30. The maximum atomic E-state index is 12.4. The molecule has 2 N–H and O–H groups in total. The van der Waals surface area contributed by atoms with E-state index in [2.05, 4.69) is 12.0 Å². The fraction of sp³-hybridized carbons (Fsp3) is 0.727. The van der Waals surface area contributed by atoms with E-state index in [4.69, 9.17) is 5.73 Å². The molecule has 0 bridgehead atoms. The van der Waals surface area contributed by atoms with E-state index in [-0.39, 0.29) is 10.7 Å². The summed E-state index contributed by atoms with van der Waals surface area (Å²) in [6.07, 6.45) is 4.44. The molecule has 1 saturated heterocycles. The molecule has 0 radical (unpaired) electrons. The zero-order valence-corrected chi connectivity index (χ0v) is 11.7. The van der Waals surface area contributed by atoms with E-state index in [1.807, 2.05) is 0 Å². The zero-order valence-electron chi connectivity index (χ0n) is 10.8. The minimum absolute atomic E-state index is 0.0788. The van der Waals surface area contributed by atoms with Crippen molar-refractivity contribution in [1.82, 2.24) is 14.1 Å². The van der Waals surface area contributed by atoms with Gasteiger partial charge in [-0.05, 0) is 18.8 Å². The monoisotopic (exact) mass is 272 g/mol. The van der Waals surface area contributed by atoms with Gasteiger partial charge in [-0.25, -0.2) is 8.42 Å². The molecule has 2 heterocycles. The van der Waals surface area contributed by atoms with Gasteiger partial charge in [-0.1, -0.05) is 13.3 Å². The maximum absolute atomic E-state index is 12.4. The van der Waals surface area contributed by atoms with Gasteiger partial charge in [0.1, 0.15) is 4.90 Å². The van der Waals surface area contributed by atoms with Crippen LogP contribution in [-0.4, -0.2) is 35.6 Å². The molecule has 1 aromatic heterocycles. The summed E-state index contributed by atoms with van der Waals surface area (Å²) < 4.78 is 27.8. The predicted octanol–water partition coefficient (Wildman–Crippen LogP) is 0.813. The molecule has 0 spiro atoms. The number of nitrogen functional groups attached to an aromatic ring is 1. The summed E-state index contributed by atoms with van der Waals surface area (Å²) in [7, 11) is -1.81. The second-order valence-electron chi connectivity index (χ2n) is 4.81. The number of aromatic nitrogens is 2. The van der Waals surface area contributed by atoms with E-state index in [1.165, 1.54) is 15.2 Å². The van der Waals surface area contributed by atoms with E-state index >= 15 is 0 Å². The second-order valence-corrected chi connectivity index (χ2v) is 6.71. The largest absolute Gasteiger partial charge is 0.381 e. The van der Waals surface area contributed by atoms with Gasteiger partial charge in [0, 0.05) is 26.3 Å². The van der Waals surface area contributed by atoms with Crippen LogP contribution in [0.4, 0.5) is 5.82 Å². The molecule has 7 heteroatoms. The molecule has 1 aliphatic heterocycles. The Morgan fingerprint density at radius 3 is 2.50 bits per heavy atom. The van der Waals surface area contributed by atoms with E-state index in [1.54, 1.807) is 7.05 Å². The minimum Gasteiger partial charge on any atom is -0.381 e. The summed E-state index contributed by atoms with van der Waals surface area (Å²) in [5, 5.41) is 3.89. The van der Waals surface area contributed by atoms with Crippen molar-refractivity contribution < 1.29 is 8.42 Å². The number of piperidine rings is 1. The molecular weight excluding hydrogens is 252 g/mol. The van der Waals surface area contributed by atoms with E-state index < -0.39 is 10.0 Å². The van der Waals surface area contributed by atoms with Crippen molar-refractivity contribution in [3.63, 3.8) is 0 Å². The lowest BCUT2D eigenvalue weighted by Crippen LogP contribution is -2.38. The van der Waals surface area contributed by atoms with E-state index in [0.29, 0.717) is 19.0 Å². The van der Waals surface area contributed by atoms with Crippen LogP contribution >= 0.6 is 0 Å². The Morgan fingerprint density at radius 1 is 1.44 bits per heavy atom. The molecule has 1 aliphatic rings. The first-order valence-electron chi connectivity index (χ1n) is 6.24. The van der Waals surface area contributed by atoms with Crippen molar-refractivity contribution in [2.45, 2.75) is 31.1 Å². The number of hydrogen-bond donors (Lipinski definition) is 1. The smallest absolute Gasteiger partial charge is 0.248 e. The highest BCUT2D eigenvalue weighted by Crippen LogP contribution is 2.27. The van der Waals surface area contributed by atoms with Gasteiger partial charge in [-0.3, -0.25) is 4.68 Å². The number of aryl methyl sites for hydroxylation is 1. The summed E-state index contributed by atoms with van der Waals surface area (Å²) in [6, 6.07) is 0. The summed E-state index contributed by atoms with van der Waals surface area (Å²) in [4.78, 5) is 0.125. The summed E-state index contributed by atoms with van der Waals surface area (Å²) in [5.74, 6) is 0.720. The second kappa shape index (κ2) is 4.89. The van der Waals surface area contributed by atoms with Crippen LogP contribution in [0.5, 0.6) is 0 Å². The Kier molecular flexibility index (Phi) is 3.63. The van der Waals surface area contributed by atoms with Crippen LogP contribution in [-0.2, 0) is 17.1 Å². The minimum atomic E-state index is -3.48. The van der Waals surface area contributed by atoms with Crippen LogP contribution in [0.15, 0.2) is 11.1 Å². The molecule has 1 aromatic rings. The maximum Gasteiger partial charge on any atom is 0.248 e. The normalized spacial score (nSPS) is 19.2. The van der Waals surface area contributed by atoms with Gasteiger partial charge in [0.05, 0.1) is 0 Å². The van der Waals surface area contributed by atoms with Gasteiger partial charge in [0.15, 0.2) is 5.82 Å². The molecule has 0 aliphatic carbocycles. The molecule has 0 unspecified atom stereocenters. The summed E-state index contributed by atoms with van der Waals surface area (Å²) in [5.41, 5.74) is 5.65. The third-order valence-electron chi connectivity index (χ3n) is 3.59. The van der Waals surface area contributed by atoms with Crippen molar-refractivity contribution >= 4 is 15.8 Å². The van der Waals surface area contributed by atoms with Crippen molar-refractivity contribution in [2.75, 3.05) is 18.8 Å². The average Bonchev–Trinajstić information content (AvgIpc) is 2.69. The topological polar surface area (TPSA) is 81.2 Å². The number of anilines is 1. The Labute approximate surface area is 108 Å². The molecule has 2 rings (SSSR count). The SMILES string of the molecule is CCC1CCN(S(=O)(=O)c2cn(C)nc2N)CC1. The molecule has 0 aromatic carbocycles. The van der Waals surface area contributed by atoms with E-state index in [0.717, 1.165) is 19.3 Å². The number of nitrogens with zero attached hydrogens (tertiary/aromatic N) is 3. The highest BCUT2D eigenvalue weighted by molar-refractivity contribution is 7.89. The number of nitrogens with two attached hydrogens (primary N) is 1. The fourth-order valence-corrected chi connectivity index (χ4v) is 3.94. The first kappa shape index (κ1) is 13.4. The van der Waals surface area contributed by atoms with Crippen LogP contribution in [0.3, 0.4) is 0 Å². The highest BCUT2D eigenvalue weighted by atomic mass is 32.2. The van der Waals surface area contributed by atoms with Crippen LogP contribution in [0.1, 0.15) is 26.2 Å². The lowest BCUT2D eigenvalue weighted by Gasteiger charge is -2.30. The highest BCUT2D eigenvalue weighted by Gasteiger charge is 2.31. The molecule has 1 fully saturated rings. The average molecular weight is 272 g/mol. The predicted molar refractivity (Wildman–Crippen MR) is 69.4 cm³/mol. The number of rotatable bonds is 3. The molecule has 0 saturated carbocycles. The molecule has 0 atom stereocenters. The lowest BCUT2D eigenvalue weighted by molar-refractivity contribution is 0.269. The van der Waals surface area contributed by atoms with Crippen LogP contribution in [0.2, 0.25) is 0 Å². The summed E-state index contributed by atoms with van der Waals surface area (Å²) >= 11 is 0. The van der Waals surface area contributed by atoms with Gasteiger partial charge in [0.25, 0.3) is 0 Å². The van der Waals surface area contributed by atoms with Crippen LogP contribution < -0.4 is 5.73 Å². The van der Waals surface area contributed by atoms with Gasteiger partial charge in [0.2, 0.25) is 10.0 Å². The third-order valence-corrected chi connectivity index (χ3v) is 5.51. The Balaban J connectivity index is 2.20. The first-order valence-corrected chi connectivity index (χ1v) is 7.68. The first-order chi connectivity index (χ1) is 8.45. The Morgan fingerprint density at radius 2 is 2.06 bits per heavy atom. The Bertz CT molecular complexity index is 515. The Hall–Kier alpha value is -1.08.